The quantitative estimate of drug-likeness (QED) is 0.862. The summed E-state index contributed by atoms with van der Waals surface area (Å²) in [5.41, 5.74) is 0.108. The minimum atomic E-state index is -0.912. The molecule has 130 valence electrons. The lowest BCUT2D eigenvalue weighted by Gasteiger charge is -2.21. The van der Waals surface area contributed by atoms with E-state index in [1.807, 2.05) is 13.8 Å². The fraction of sp³-hybridized carbons (Fsp3) is 0.333. The number of hydrogen-bond donors (Lipinski definition) is 1. The van der Waals surface area contributed by atoms with E-state index in [-0.39, 0.29) is 28.9 Å². The maximum absolute atomic E-state index is 12.4. The van der Waals surface area contributed by atoms with Crippen LogP contribution in [0.3, 0.4) is 0 Å². The van der Waals surface area contributed by atoms with Gasteiger partial charge in [0.2, 0.25) is 0 Å². The van der Waals surface area contributed by atoms with Crippen molar-refractivity contribution < 1.29 is 18.7 Å². The molecule has 0 bridgehead atoms. The summed E-state index contributed by atoms with van der Waals surface area (Å²) in [4.78, 5) is 33.5. The number of esters is 1. The second-order valence-corrected chi connectivity index (χ2v) is 6.28. The monoisotopic (exact) mass is 341 g/mol. The Labute approximate surface area is 145 Å². The molecule has 0 aromatic carbocycles. The predicted octanol–water partition coefficient (Wildman–Crippen LogP) is 2.42. The molecule has 0 saturated heterocycles. The predicted molar refractivity (Wildman–Crippen MR) is 91.2 cm³/mol. The lowest BCUT2D eigenvalue weighted by Crippen LogP contribution is -2.41. The summed E-state index contributed by atoms with van der Waals surface area (Å²) in [6, 6.07) is 6.76. The Kier molecular flexibility index (Phi) is 4.16. The van der Waals surface area contributed by atoms with E-state index < -0.39 is 11.5 Å². The van der Waals surface area contributed by atoms with Crippen LogP contribution in [0.4, 0.5) is 0 Å². The molecule has 2 aromatic rings. The summed E-state index contributed by atoms with van der Waals surface area (Å²) in [6.45, 7) is 5.59. The number of methoxy groups -OCH3 is 1. The number of nitrogens with one attached hydrogen (secondary N) is 1. The van der Waals surface area contributed by atoms with Gasteiger partial charge >= 0.3 is 5.97 Å². The van der Waals surface area contributed by atoms with Crippen LogP contribution in [-0.4, -0.2) is 35.3 Å². The molecule has 3 heterocycles. The van der Waals surface area contributed by atoms with Gasteiger partial charge in [-0.3, -0.25) is 4.79 Å². The third-order valence-corrected chi connectivity index (χ3v) is 4.46. The van der Waals surface area contributed by atoms with Gasteiger partial charge in [-0.15, -0.1) is 0 Å². The molecule has 25 heavy (non-hydrogen) atoms. The lowest BCUT2D eigenvalue weighted by molar-refractivity contribution is -0.124. The Bertz CT molecular complexity index is 855. The first kappa shape index (κ1) is 16.9. The third kappa shape index (κ3) is 2.82. The van der Waals surface area contributed by atoms with E-state index in [1.165, 1.54) is 13.4 Å². The van der Waals surface area contributed by atoms with Crippen LogP contribution in [0.5, 0.6) is 0 Å². The number of furan rings is 1. The zero-order valence-corrected chi connectivity index (χ0v) is 14.5. The van der Waals surface area contributed by atoms with Gasteiger partial charge in [0.05, 0.1) is 18.9 Å². The number of amidine groups is 1. The van der Waals surface area contributed by atoms with Gasteiger partial charge in [-0.2, -0.15) is 0 Å². The molecule has 0 saturated carbocycles. The molecular formula is C18H19N3O4. The first-order valence-electron chi connectivity index (χ1n) is 7.91. The lowest BCUT2D eigenvalue weighted by atomic mass is 9.89. The second-order valence-electron chi connectivity index (χ2n) is 6.28. The molecule has 1 N–H and O–H groups in total. The van der Waals surface area contributed by atoms with Crippen molar-refractivity contribution in [2.24, 2.45) is 10.9 Å². The molecule has 1 atom stereocenters. The van der Waals surface area contributed by atoms with Crippen LogP contribution >= 0.6 is 0 Å². The molecule has 1 aliphatic heterocycles. The Morgan fingerprint density at radius 1 is 1.32 bits per heavy atom. The van der Waals surface area contributed by atoms with Crippen molar-refractivity contribution in [3.8, 4) is 11.5 Å². The molecule has 3 rings (SSSR count). The molecule has 0 spiro atoms. The molecule has 7 heteroatoms. The van der Waals surface area contributed by atoms with Crippen molar-refractivity contribution in [2.45, 2.75) is 26.3 Å². The number of pyridine rings is 1. The maximum atomic E-state index is 12.4. The van der Waals surface area contributed by atoms with Crippen LogP contribution in [0.25, 0.3) is 11.5 Å². The fourth-order valence-electron chi connectivity index (χ4n) is 2.52. The zero-order chi connectivity index (χ0) is 18.2. The largest absolute Gasteiger partial charge is 0.465 e. The Morgan fingerprint density at radius 2 is 2.08 bits per heavy atom. The molecule has 0 fully saturated rings. The average Bonchev–Trinajstić information content (AvgIpc) is 3.23. The third-order valence-electron chi connectivity index (χ3n) is 4.46. The van der Waals surface area contributed by atoms with Gasteiger partial charge in [-0.25, -0.2) is 14.8 Å². The van der Waals surface area contributed by atoms with Crippen molar-refractivity contribution >= 4 is 17.7 Å². The van der Waals surface area contributed by atoms with Crippen LogP contribution < -0.4 is 5.32 Å². The number of ether oxygens (including phenoxy) is 1. The number of amides is 1. The SMILES string of the molecule is COC(=O)c1ccc(-c2ccco2)nc1C1=NC(C)(C(C)C)C(=O)N1. The van der Waals surface area contributed by atoms with E-state index in [0.29, 0.717) is 11.5 Å². The fourth-order valence-corrected chi connectivity index (χ4v) is 2.52. The van der Waals surface area contributed by atoms with Gasteiger partial charge in [0, 0.05) is 0 Å². The number of carbonyl (C=O) groups is 2. The van der Waals surface area contributed by atoms with Gasteiger partial charge in [0.1, 0.15) is 16.9 Å². The van der Waals surface area contributed by atoms with E-state index in [1.54, 1.807) is 31.2 Å². The van der Waals surface area contributed by atoms with Crippen LogP contribution in [0.15, 0.2) is 39.9 Å². The van der Waals surface area contributed by atoms with E-state index in [2.05, 4.69) is 15.3 Å². The minimum Gasteiger partial charge on any atom is -0.465 e. The summed E-state index contributed by atoms with van der Waals surface area (Å²) in [6.07, 6.45) is 1.54. The number of aromatic nitrogens is 1. The summed E-state index contributed by atoms with van der Waals surface area (Å²) >= 11 is 0. The van der Waals surface area contributed by atoms with Crippen molar-refractivity contribution in [1.29, 1.82) is 0 Å². The zero-order valence-electron chi connectivity index (χ0n) is 14.5. The van der Waals surface area contributed by atoms with Gasteiger partial charge in [0.15, 0.2) is 11.6 Å². The van der Waals surface area contributed by atoms with Crippen molar-refractivity contribution in [1.82, 2.24) is 10.3 Å². The molecular weight excluding hydrogens is 322 g/mol. The van der Waals surface area contributed by atoms with Crippen molar-refractivity contribution in [2.75, 3.05) is 7.11 Å². The van der Waals surface area contributed by atoms with Gasteiger partial charge in [0.25, 0.3) is 5.91 Å². The smallest absolute Gasteiger partial charge is 0.340 e. The highest BCUT2D eigenvalue weighted by Crippen LogP contribution is 2.28. The molecule has 0 aliphatic carbocycles. The van der Waals surface area contributed by atoms with E-state index in [9.17, 15) is 9.59 Å². The maximum Gasteiger partial charge on any atom is 0.340 e. The Balaban J connectivity index is 2.15. The number of hydrogen-bond acceptors (Lipinski definition) is 6. The van der Waals surface area contributed by atoms with Crippen molar-refractivity contribution in [3.63, 3.8) is 0 Å². The summed E-state index contributed by atoms with van der Waals surface area (Å²) in [5.74, 6) is 0.0196. The van der Waals surface area contributed by atoms with E-state index in [0.717, 1.165) is 0 Å². The standard InChI is InChI=1S/C18H19N3O4/c1-10(2)18(3)17(23)20-15(21-18)14-11(16(22)24-4)7-8-12(19-14)13-6-5-9-25-13/h5-10H,1-4H3,(H,20,21,23). The number of rotatable bonds is 4. The molecule has 0 radical (unpaired) electrons. The Morgan fingerprint density at radius 3 is 2.64 bits per heavy atom. The first-order chi connectivity index (χ1) is 11.9. The van der Waals surface area contributed by atoms with Crippen LogP contribution in [-0.2, 0) is 9.53 Å². The number of nitrogens with zero attached hydrogens (tertiary/aromatic N) is 2. The summed E-state index contributed by atoms with van der Waals surface area (Å²) in [7, 11) is 1.29. The normalized spacial score (nSPS) is 19.7. The summed E-state index contributed by atoms with van der Waals surface area (Å²) < 4.78 is 10.2. The van der Waals surface area contributed by atoms with Crippen LogP contribution in [0.1, 0.15) is 36.8 Å². The van der Waals surface area contributed by atoms with Gasteiger partial charge in [-0.05, 0) is 37.1 Å². The minimum absolute atomic E-state index is 0.0140. The first-order valence-corrected chi connectivity index (χ1v) is 7.91. The highest BCUT2D eigenvalue weighted by atomic mass is 16.5. The van der Waals surface area contributed by atoms with E-state index in [4.69, 9.17) is 9.15 Å². The molecule has 1 amide bonds. The summed E-state index contributed by atoms with van der Waals surface area (Å²) in [5, 5.41) is 2.74. The van der Waals surface area contributed by atoms with Crippen LogP contribution in [0.2, 0.25) is 0 Å². The highest BCUT2D eigenvalue weighted by Gasteiger charge is 2.43. The molecule has 1 unspecified atom stereocenters. The molecule has 2 aromatic heterocycles. The van der Waals surface area contributed by atoms with Gasteiger partial charge < -0.3 is 14.5 Å². The molecule has 7 nitrogen and oxygen atoms in total. The number of aliphatic imine (C=N–C) groups is 1. The topological polar surface area (TPSA) is 93.8 Å². The Hall–Kier alpha value is -2.96. The average molecular weight is 341 g/mol. The van der Waals surface area contributed by atoms with Crippen molar-refractivity contribution in [3.05, 3.63) is 41.8 Å². The van der Waals surface area contributed by atoms with Crippen LogP contribution in [0, 0.1) is 5.92 Å². The highest BCUT2D eigenvalue weighted by molar-refractivity contribution is 6.17. The van der Waals surface area contributed by atoms with E-state index >= 15 is 0 Å². The number of carbonyl (C=O) groups excluding carboxylic acids is 2. The molecule has 1 aliphatic rings. The second kappa shape index (κ2) is 6.16. The van der Waals surface area contributed by atoms with Gasteiger partial charge in [-0.1, -0.05) is 13.8 Å².